The summed E-state index contributed by atoms with van der Waals surface area (Å²) in [6.45, 7) is 4.30. The predicted molar refractivity (Wildman–Crippen MR) is 114 cm³/mol. The summed E-state index contributed by atoms with van der Waals surface area (Å²) < 4.78 is 34.2. The maximum absolute atomic E-state index is 11.4. The van der Waals surface area contributed by atoms with Gasteiger partial charge in [0.2, 0.25) is 0 Å². The number of rotatable bonds is 20. The second-order valence-electron chi connectivity index (χ2n) is 8.17. The maximum Gasteiger partial charge on any atom is 1.00 e. The molecule has 1 N–H and O–H groups in total. The van der Waals surface area contributed by atoms with Crippen molar-refractivity contribution in [2.24, 2.45) is 0 Å². The smallest absolute Gasteiger partial charge is 0.748 e. The van der Waals surface area contributed by atoms with E-state index in [2.05, 4.69) is 13.8 Å². The zero-order valence-electron chi connectivity index (χ0n) is 19.0. The van der Waals surface area contributed by atoms with Gasteiger partial charge in [-0.15, -0.1) is 0 Å². The standard InChI is InChI=1S/C22H46O4S.K/c1-3-5-7-15-19-22(27(24,25)26)20-16-12-10-8-9-11-14-18-21(23)17-13-6-4-2;/h21-23H,3-20H2,1-2H3,(H,24,25,26);/q;+1/p-1. The average molecular weight is 445 g/mol. The summed E-state index contributed by atoms with van der Waals surface area (Å²) in [6.07, 6.45) is 18.0. The molecule has 4 nitrogen and oxygen atoms in total. The van der Waals surface area contributed by atoms with Crippen molar-refractivity contribution >= 4 is 10.1 Å². The molecule has 6 heteroatoms. The van der Waals surface area contributed by atoms with Crippen LogP contribution in [-0.4, -0.2) is 29.4 Å². The molecule has 0 aliphatic heterocycles. The third-order valence-electron chi connectivity index (χ3n) is 5.49. The molecule has 28 heavy (non-hydrogen) atoms. The molecule has 0 saturated carbocycles. The number of unbranched alkanes of at least 4 members (excludes halogenated alkanes) is 11. The van der Waals surface area contributed by atoms with Crippen LogP contribution in [0.5, 0.6) is 0 Å². The number of hydrogen-bond acceptors (Lipinski definition) is 4. The van der Waals surface area contributed by atoms with Crippen molar-refractivity contribution < 1.29 is 69.5 Å². The molecule has 0 bridgehead atoms. The second-order valence-corrected chi connectivity index (χ2v) is 9.82. The van der Waals surface area contributed by atoms with E-state index >= 15 is 0 Å². The summed E-state index contributed by atoms with van der Waals surface area (Å²) >= 11 is 0. The largest absolute Gasteiger partial charge is 1.00 e. The van der Waals surface area contributed by atoms with E-state index in [1.54, 1.807) is 0 Å². The Kier molecular flexibility index (Phi) is 24.6. The average Bonchev–Trinajstić information content (AvgIpc) is 2.61. The van der Waals surface area contributed by atoms with Gasteiger partial charge in [-0.2, -0.15) is 0 Å². The van der Waals surface area contributed by atoms with Crippen molar-refractivity contribution in [2.45, 2.75) is 141 Å². The van der Waals surface area contributed by atoms with Gasteiger partial charge in [0.25, 0.3) is 0 Å². The quantitative estimate of drug-likeness (QED) is 0.177. The van der Waals surface area contributed by atoms with Crippen LogP contribution in [0.25, 0.3) is 0 Å². The van der Waals surface area contributed by atoms with Crippen molar-refractivity contribution in [3.63, 3.8) is 0 Å². The first kappa shape index (κ1) is 31.7. The van der Waals surface area contributed by atoms with Gasteiger partial charge in [0, 0.05) is 5.25 Å². The topological polar surface area (TPSA) is 77.4 Å². The Bertz CT molecular complexity index is 415. The summed E-state index contributed by atoms with van der Waals surface area (Å²) in [6, 6.07) is 0. The number of aliphatic hydroxyl groups excluding tert-OH is 1. The van der Waals surface area contributed by atoms with Crippen LogP contribution in [0.2, 0.25) is 0 Å². The van der Waals surface area contributed by atoms with Crippen molar-refractivity contribution in [1.29, 1.82) is 0 Å². The van der Waals surface area contributed by atoms with Crippen molar-refractivity contribution in [1.82, 2.24) is 0 Å². The first-order valence-corrected chi connectivity index (χ1v) is 13.0. The second kappa shape index (κ2) is 21.7. The van der Waals surface area contributed by atoms with Crippen LogP contribution in [-0.2, 0) is 10.1 Å². The molecule has 0 radical (unpaired) electrons. The van der Waals surface area contributed by atoms with Crippen LogP contribution in [0.4, 0.5) is 0 Å². The zero-order valence-corrected chi connectivity index (χ0v) is 22.9. The van der Waals surface area contributed by atoms with Gasteiger partial charge in [-0.25, -0.2) is 8.42 Å². The van der Waals surface area contributed by atoms with Crippen LogP contribution in [0.3, 0.4) is 0 Å². The minimum atomic E-state index is -4.15. The summed E-state index contributed by atoms with van der Waals surface area (Å²) in [5.41, 5.74) is 0. The molecular formula is C22H45KO4S. The fourth-order valence-corrected chi connectivity index (χ4v) is 4.55. The van der Waals surface area contributed by atoms with Crippen LogP contribution < -0.4 is 51.4 Å². The Hall–Kier alpha value is 1.51. The van der Waals surface area contributed by atoms with Gasteiger partial charge < -0.3 is 9.66 Å². The molecule has 0 fully saturated rings. The van der Waals surface area contributed by atoms with Gasteiger partial charge in [-0.3, -0.25) is 0 Å². The van der Waals surface area contributed by atoms with E-state index in [1.807, 2.05) is 0 Å². The van der Waals surface area contributed by atoms with E-state index in [0.717, 1.165) is 77.0 Å². The van der Waals surface area contributed by atoms with Crippen molar-refractivity contribution in [3.8, 4) is 0 Å². The minimum Gasteiger partial charge on any atom is -0.748 e. The Morgan fingerprint density at radius 1 is 0.643 bits per heavy atom. The SMILES string of the molecule is CCCCCCC(CCCCCCCCCC(O)CCCCC)S(=O)(=O)[O-].[K+]. The molecule has 164 valence electrons. The Balaban J connectivity index is 0. The Morgan fingerprint density at radius 2 is 0.964 bits per heavy atom. The van der Waals surface area contributed by atoms with Gasteiger partial charge in [0.05, 0.1) is 16.2 Å². The molecule has 2 unspecified atom stereocenters. The minimum absolute atomic E-state index is 0. The third kappa shape index (κ3) is 20.8. The molecule has 0 saturated heterocycles. The number of hydrogen-bond donors (Lipinski definition) is 1. The fraction of sp³-hybridized carbons (Fsp3) is 1.00. The molecule has 0 spiro atoms. The van der Waals surface area contributed by atoms with E-state index in [4.69, 9.17) is 0 Å². The molecule has 0 amide bonds. The molecule has 0 aromatic rings. The summed E-state index contributed by atoms with van der Waals surface area (Å²) in [7, 11) is -4.15. The van der Waals surface area contributed by atoms with E-state index in [-0.39, 0.29) is 57.5 Å². The van der Waals surface area contributed by atoms with Crippen LogP contribution in [0, 0.1) is 0 Å². The molecule has 0 aliphatic rings. The maximum atomic E-state index is 11.4. The Labute approximate surface area is 218 Å². The molecule has 0 aromatic carbocycles. The zero-order chi connectivity index (χ0) is 20.4. The fourth-order valence-electron chi connectivity index (χ4n) is 3.64. The van der Waals surface area contributed by atoms with Crippen LogP contribution in [0.1, 0.15) is 129 Å². The number of aliphatic hydroxyl groups is 1. The van der Waals surface area contributed by atoms with Gasteiger partial charge >= 0.3 is 51.4 Å². The van der Waals surface area contributed by atoms with Gasteiger partial charge in [0.1, 0.15) is 0 Å². The van der Waals surface area contributed by atoms with Gasteiger partial charge in [-0.1, -0.05) is 104 Å². The normalized spacial score (nSPS) is 13.9. The molecule has 2 atom stereocenters. The van der Waals surface area contributed by atoms with Crippen molar-refractivity contribution in [3.05, 3.63) is 0 Å². The molecule has 0 heterocycles. The van der Waals surface area contributed by atoms with Crippen molar-refractivity contribution in [2.75, 3.05) is 0 Å². The summed E-state index contributed by atoms with van der Waals surface area (Å²) in [4.78, 5) is 0. The molecule has 0 aliphatic carbocycles. The molecule has 0 rings (SSSR count). The van der Waals surface area contributed by atoms with Crippen LogP contribution >= 0.6 is 0 Å². The van der Waals surface area contributed by atoms with E-state index in [1.165, 1.54) is 25.7 Å². The first-order valence-electron chi connectivity index (χ1n) is 11.5. The van der Waals surface area contributed by atoms with E-state index in [0.29, 0.717) is 12.8 Å². The van der Waals surface area contributed by atoms with Gasteiger partial charge in [-0.05, 0) is 25.7 Å². The van der Waals surface area contributed by atoms with E-state index in [9.17, 15) is 18.1 Å². The van der Waals surface area contributed by atoms with E-state index < -0.39 is 15.4 Å². The predicted octanol–water partition coefficient (Wildman–Crippen LogP) is 3.33. The summed E-state index contributed by atoms with van der Waals surface area (Å²) in [5, 5.41) is 9.21. The molecule has 0 aromatic heterocycles. The van der Waals surface area contributed by atoms with Crippen LogP contribution in [0.15, 0.2) is 0 Å². The van der Waals surface area contributed by atoms with Gasteiger partial charge in [0.15, 0.2) is 0 Å². The Morgan fingerprint density at radius 3 is 1.39 bits per heavy atom. The monoisotopic (exact) mass is 444 g/mol. The third-order valence-corrected chi connectivity index (χ3v) is 6.78. The first-order chi connectivity index (χ1) is 12.9. The molecular weight excluding hydrogens is 399 g/mol. The summed E-state index contributed by atoms with van der Waals surface area (Å²) in [5.74, 6) is 0.